The molecular weight excluding hydrogens is 434 g/mol. The van der Waals surface area contributed by atoms with E-state index in [0.29, 0.717) is 38.2 Å². The number of nitrogens with one attached hydrogen (secondary N) is 1. The summed E-state index contributed by atoms with van der Waals surface area (Å²) in [5.74, 6) is 0.0448. The van der Waals surface area contributed by atoms with Crippen LogP contribution in [0.4, 0.5) is 0 Å². The molecular formula is C26H27N3O3S. The van der Waals surface area contributed by atoms with Gasteiger partial charge >= 0.3 is 0 Å². The Morgan fingerprint density at radius 1 is 0.788 bits per heavy atom. The number of sulfonamides is 1. The van der Waals surface area contributed by atoms with E-state index in [1.165, 1.54) is 11.1 Å². The number of amides is 1. The summed E-state index contributed by atoms with van der Waals surface area (Å²) in [5, 5.41) is 0. The van der Waals surface area contributed by atoms with Crippen molar-refractivity contribution in [2.24, 2.45) is 0 Å². The maximum Gasteiger partial charge on any atom is 0.253 e. The molecule has 2 atom stereocenters. The van der Waals surface area contributed by atoms with E-state index in [1.807, 2.05) is 53.4 Å². The van der Waals surface area contributed by atoms with Crippen molar-refractivity contribution in [2.75, 3.05) is 26.2 Å². The average molecular weight is 462 g/mol. The van der Waals surface area contributed by atoms with Crippen LogP contribution in [-0.4, -0.2) is 56.3 Å². The van der Waals surface area contributed by atoms with E-state index < -0.39 is 10.0 Å². The summed E-state index contributed by atoms with van der Waals surface area (Å²) >= 11 is 0. The third-order valence-electron chi connectivity index (χ3n) is 6.57. The van der Waals surface area contributed by atoms with E-state index >= 15 is 0 Å². The Hall–Kier alpha value is -3.00. The molecule has 170 valence electrons. The van der Waals surface area contributed by atoms with Crippen LogP contribution in [-0.2, 0) is 16.4 Å². The third-order valence-corrected chi connectivity index (χ3v) is 8.08. The Bertz CT molecular complexity index is 1220. The van der Waals surface area contributed by atoms with Crippen molar-refractivity contribution in [2.45, 2.75) is 23.4 Å². The Labute approximate surface area is 194 Å². The fourth-order valence-corrected chi connectivity index (χ4v) is 6.23. The van der Waals surface area contributed by atoms with Crippen LogP contribution >= 0.6 is 0 Å². The number of nitrogens with zero attached hydrogens (tertiary/aromatic N) is 2. The number of hydrogen-bond donors (Lipinski definition) is 1. The van der Waals surface area contributed by atoms with Crippen LogP contribution in [0.1, 0.15) is 27.5 Å². The highest BCUT2D eigenvalue weighted by atomic mass is 32.2. The SMILES string of the molecule is O=C(c1ccccc1)N1CCN([C@H]2c3ccccc3C[C@H]2NS(=O)(=O)c2ccccc2)CC1. The molecule has 1 aliphatic heterocycles. The Balaban J connectivity index is 1.34. The maximum absolute atomic E-state index is 13.1. The van der Waals surface area contributed by atoms with Crippen LogP contribution in [0.2, 0.25) is 0 Å². The van der Waals surface area contributed by atoms with Crippen molar-refractivity contribution in [3.8, 4) is 0 Å². The normalized spacial score (nSPS) is 21.0. The lowest BCUT2D eigenvalue weighted by Gasteiger charge is -2.40. The molecule has 3 aromatic rings. The summed E-state index contributed by atoms with van der Waals surface area (Å²) in [4.78, 5) is 17.3. The minimum absolute atomic E-state index is 0.0448. The molecule has 0 unspecified atom stereocenters. The first-order valence-electron chi connectivity index (χ1n) is 11.3. The average Bonchev–Trinajstić information content (AvgIpc) is 3.22. The molecule has 1 amide bonds. The molecule has 1 fully saturated rings. The number of fused-ring (bicyclic) bond motifs is 1. The molecule has 1 N–H and O–H groups in total. The molecule has 1 saturated heterocycles. The van der Waals surface area contributed by atoms with Crippen LogP contribution in [0.3, 0.4) is 0 Å². The smallest absolute Gasteiger partial charge is 0.253 e. The first-order valence-corrected chi connectivity index (χ1v) is 12.7. The van der Waals surface area contributed by atoms with Crippen molar-refractivity contribution in [1.29, 1.82) is 0 Å². The highest BCUT2D eigenvalue weighted by Crippen LogP contribution is 2.37. The molecule has 1 aliphatic carbocycles. The topological polar surface area (TPSA) is 69.7 Å². The van der Waals surface area contributed by atoms with Gasteiger partial charge in [-0.2, -0.15) is 0 Å². The van der Waals surface area contributed by atoms with Gasteiger partial charge in [-0.25, -0.2) is 13.1 Å². The van der Waals surface area contributed by atoms with Gasteiger partial charge in [-0.05, 0) is 41.8 Å². The van der Waals surface area contributed by atoms with E-state index in [9.17, 15) is 13.2 Å². The molecule has 2 aliphatic rings. The number of carbonyl (C=O) groups is 1. The van der Waals surface area contributed by atoms with Crippen molar-refractivity contribution in [3.05, 3.63) is 102 Å². The van der Waals surface area contributed by atoms with E-state index in [0.717, 1.165) is 0 Å². The quantitative estimate of drug-likeness (QED) is 0.634. The number of piperazine rings is 1. The monoisotopic (exact) mass is 461 g/mol. The minimum atomic E-state index is -3.63. The van der Waals surface area contributed by atoms with Gasteiger partial charge in [-0.3, -0.25) is 9.69 Å². The lowest BCUT2D eigenvalue weighted by Crippen LogP contribution is -2.53. The molecule has 33 heavy (non-hydrogen) atoms. The van der Waals surface area contributed by atoms with E-state index in [-0.39, 0.29) is 22.9 Å². The van der Waals surface area contributed by atoms with Gasteiger partial charge < -0.3 is 4.90 Å². The summed E-state index contributed by atoms with van der Waals surface area (Å²) < 4.78 is 29.1. The van der Waals surface area contributed by atoms with Gasteiger partial charge in [0, 0.05) is 37.8 Å². The summed E-state index contributed by atoms with van der Waals surface area (Å²) in [6.07, 6.45) is 0.649. The zero-order chi connectivity index (χ0) is 22.8. The molecule has 0 saturated carbocycles. The van der Waals surface area contributed by atoms with Crippen molar-refractivity contribution in [3.63, 3.8) is 0 Å². The molecule has 0 radical (unpaired) electrons. The molecule has 0 bridgehead atoms. The molecule has 1 heterocycles. The third kappa shape index (κ3) is 4.44. The van der Waals surface area contributed by atoms with Gasteiger partial charge in [-0.1, -0.05) is 60.7 Å². The van der Waals surface area contributed by atoms with Crippen LogP contribution < -0.4 is 4.72 Å². The fraction of sp³-hybridized carbons (Fsp3) is 0.269. The van der Waals surface area contributed by atoms with Gasteiger partial charge in [0.15, 0.2) is 0 Å². The second kappa shape index (κ2) is 9.09. The highest BCUT2D eigenvalue weighted by Gasteiger charge is 2.40. The van der Waals surface area contributed by atoms with Crippen molar-refractivity contribution >= 4 is 15.9 Å². The standard InChI is InChI=1S/C26H27N3O3S/c30-26(20-9-3-1-4-10-20)29-17-15-28(16-18-29)25-23-14-8-7-11-21(23)19-24(25)27-33(31,32)22-12-5-2-6-13-22/h1-14,24-25,27H,15-19H2/t24-,25+/m1/s1. The number of carbonyl (C=O) groups excluding carboxylic acids is 1. The molecule has 6 nitrogen and oxygen atoms in total. The zero-order valence-corrected chi connectivity index (χ0v) is 19.1. The summed E-state index contributed by atoms with van der Waals surface area (Å²) in [7, 11) is -3.63. The van der Waals surface area contributed by atoms with Crippen molar-refractivity contribution < 1.29 is 13.2 Å². The Morgan fingerprint density at radius 3 is 2.09 bits per heavy atom. The fourth-order valence-electron chi connectivity index (χ4n) is 4.96. The number of benzene rings is 3. The van der Waals surface area contributed by atoms with E-state index in [1.54, 1.807) is 24.3 Å². The Kier molecular flexibility index (Phi) is 6.01. The maximum atomic E-state index is 13.1. The first kappa shape index (κ1) is 21.8. The summed E-state index contributed by atoms with van der Waals surface area (Å²) in [6.45, 7) is 2.62. The van der Waals surface area contributed by atoms with Gasteiger partial charge in [0.1, 0.15) is 0 Å². The molecule has 7 heteroatoms. The van der Waals surface area contributed by atoms with Crippen molar-refractivity contribution in [1.82, 2.24) is 14.5 Å². The van der Waals surface area contributed by atoms with Gasteiger partial charge in [0.05, 0.1) is 10.9 Å². The second-order valence-corrected chi connectivity index (χ2v) is 10.3. The summed E-state index contributed by atoms with van der Waals surface area (Å²) in [5.41, 5.74) is 3.04. The van der Waals surface area contributed by atoms with Crippen LogP contribution in [0, 0.1) is 0 Å². The second-order valence-electron chi connectivity index (χ2n) is 8.58. The van der Waals surface area contributed by atoms with Crippen LogP contribution in [0.5, 0.6) is 0 Å². The van der Waals surface area contributed by atoms with Crippen LogP contribution in [0.15, 0.2) is 89.8 Å². The van der Waals surface area contributed by atoms with Gasteiger partial charge in [0.25, 0.3) is 5.91 Å². The number of rotatable bonds is 5. The minimum Gasteiger partial charge on any atom is -0.336 e. The Morgan fingerprint density at radius 2 is 1.39 bits per heavy atom. The first-order chi connectivity index (χ1) is 16.0. The zero-order valence-electron chi connectivity index (χ0n) is 18.3. The predicted molar refractivity (Wildman–Crippen MR) is 127 cm³/mol. The lowest BCUT2D eigenvalue weighted by atomic mass is 10.0. The largest absolute Gasteiger partial charge is 0.336 e. The lowest BCUT2D eigenvalue weighted by molar-refractivity contribution is 0.0545. The highest BCUT2D eigenvalue weighted by molar-refractivity contribution is 7.89. The molecule has 3 aromatic carbocycles. The number of hydrogen-bond acceptors (Lipinski definition) is 4. The van der Waals surface area contributed by atoms with Gasteiger partial charge in [-0.15, -0.1) is 0 Å². The van der Waals surface area contributed by atoms with E-state index in [4.69, 9.17) is 0 Å². The van der Waals surface area contributed by atoms with Crippen LogP contribution in [0.25, 0.3) is 0 Å². The van der Waals surface area contributed by atoms with Gasteiger partial charge in [0.2, 0.25) is 10.0 Å². The molecule has 0 aromatic heterocycles. The summed E-state index contributed by atoms with van der Waals surface area (Å²) in [6, 6.07) is 25.7. The van der Waals surface area contributed by atoms with E-state index in [2.05, 4.69) is 21.8 Å². The molecule has 5 rings (SSSR count). The molecule has 0 spiro atoms. The predicted octanol–water partition coefficient (Wildman–Crippen LogP) is 3.09.